The van der Waals surface area contributed by atoms with E-state index in [1.807, 2.05) is 0 Å². The van der Waals surface area contributed by atoms with Crippen molar-refractivity contribution in [2.75, 3.05) is 18.5 Å². The highest BCUT2D eigenvalue weighted by Crippen LogP contribution is 2.50. The van der Waals surface area contributed by atoms with Gasteiger partial charge >= 0.3 is 5.97 Å². The van der Waals surface area contributed by atoms with Crippen LogP contribution in [0.1, 0.15) is 39.4 Å². The molecule has 2 aromatic carbocycles. The zero-order chi connectivity index (χ0) is 24.4. The number of thiophene rings is 1. The van der Waals surface area contributed by atoms with Crippen LogP contribution in [-0.4, -0.2) is 36.1 Å². The predicted octanol–water partition coefficient (Wildman–Crippen LogP) is 3.99. The molecular weight excluding hydrogens is 463 g/mol. The molecule has 176 valence electrons. The third-order valence-corrected chi connectivity index (χ3v) is 6.54. The van der Waals surface area contributed by atoms with E-state index in [1.54, 1.807) is 31.2 Å². The lowest BCUT2D eigenvalue weighted by atomic mass is 9.88. The standard InChI is InChI=1S/C24H21FN2O6S/c1-2-32-17-9-12(6-7-16(17)33-11-18(26)28)15-10-19(29)27-21-20(13-4-3-5-14(25)8-13)23(24(30)31)34-22(15)21/h3-9,15H,2,10-11H2,1H3,(H2,26,28)(H,27,29)(H,30,31)/t15-/m0/s1. The summed E-state index contributed by atoms with van der Waals surface area (Å²) in [5.74, 6) is -2.38. The molecule has 0 bridgehead atoms. The van der Waals surface area contributed by atoms with E-state index in [4.69, 9.17) is 15.2 Å². The van der Waals surface area contributed by atoms with Gasteiger partial charge in [0.05, 0.1) is 12.3 Å². The average Bonchev–Trinajstić information content (AvgIpc) is 3.17. The summed E-state index contributed by atoms with van der Waals surface area (Å²) in [6.07, 6.45) is 0.0855. The van der Waals surface area contributed by atoms with Gasteiger partial charge in [0.1, 0.15) is 10.7 Å². The monoisotopic (exact) mass is 484 g/mol. The van der Waals surface area contributed by atoms with Crippen LogP contribution in [0.3, 0.4) is 0 Å². The van der Waals surface area contributed by atoms with Gasteiger partial charge in [0.25, 0.3) is 5.91 Å². The van der Waals surface area contributed by atoms with Crippen LogP contribution in [0.25, 0.3) is 11.1 Å². The van der Waals surface area contributed by atoms with Crippen LogP contribution < -0.4 is 20.5 Å². The fourth-order valence-electron chi connectivity index (χ4n) is 3.90. The molecule has 3 aromatic rings. The number of carbonyl (C=O) groups excluding carboxylic acids is 2. The lowest BCUT2D eigenvalue weighted by molar-refractivity contribution is -0.120. The van der Waals surface area contributed by atoms with Crippen LogP contribution in [0, 0.1) is 5.82 Å². The fraction of sp³-hybridized carbons (Fsp3) is 0.208. The minimum Gasteiger partial charge on any atom is -0.490 e. The molecule has 0 radical (unpaired) electrons. The molecule has 10 heteroatoms. The van der Waals surface area contributed by atoms with E-state index in [9.17, 15) is 23.9 Å². The number of nitrogens with one attached hydrogen (secondary N) is 1. The first-order valence-electron chi connectivity index (χ1n) is 10.4. The molecule has 1 aromatic heterocycles. The Hall–Kier alpha value is -3.92. The number of primary amides is 1. The Morgan fingerprint density at radius 2 is 2.00 bits per heavy atom. The Bertz CT molecular complexity index is 1290. The van der Waals surface area contributed by atoms with Crippen molar-refractivity contribution in [3.8, 4) is 22.6 Å². The lowest BCUT2D eigenvalue weighted by Gasteiger charge is -2.24. The minimum absolute atomic E-state index is 0.00856. The van der Waals surface area contributed by atoms with Gasteiger partial charge in [-0.2, -0.15) is 0 Å². The molecule has 1 atom stereocenters. The number of rotatable bonds is 8. The molecule has 1 aliphatic rings. The molecule has 4 rings (SSSR count). The van der Waals surface area contributed by atoms with Crippen LogP contribution in [0.15, 0.2) is 42.5 Å². The molecule has 2 heterocycles. The summed E-state index contributed by atoms with van der Waals surface area (Å²) < 4.78 is 25.0. The Kier molecular flexibility index (Phi) is 6.51. The van der Waals surface area contributed by atoms with Gasteiger partial charge in [-0.05, 0) is 42.3 Å². The van der Waals surface area contributed by atoms with Crippen molar-refractivity contribution in [3.63, 3.8) is 0 Å². The lowest BCUT2D eigenvalue weighted by Crippen LogP contribution is -2.22. The van der Waals surface area contributed by atoms with Gasteiger partial charge in [0, 0.05) is 22.8 Å². The zero-order valence-electron chi connectivity index (χ0n) is 18.1. The maximum atomic E-state index is 13.9. The molecule has 34 heavy (non-hydrogen) atoms. The van der Waals surface area contributed by atoms with Gasteiger partial charge in [-0.15, -0.1) is 11.3 Å². The average molecular weight is 485 g/mol. The molecule has 0 aliphatic carbocycles. The van der Waals surface area contributed by atoms with Crippen molar-refractivity contribution < 1.29 is 33.4 Å². The van der Waals surface area contributed by atoms with Crippen molar-refractivity contribution in [2.45, 2.75) is 19.3 Å². The number of anilines is 1. The topological polar surface area (TPSA) is 128 Å². The minimum atomic E-state index is -1.17. The summed E-state index contributed by atoms with van der Waals surface area (Å²) >= 11 is 1.04. The van der Waals surface area contributed by atoms with Crippen LogP contribution in [0.4, 0.5) is 10.1 Å². The predicted molar refractivity (Wildman–Crippen MR) is 124 cm³/mol. The van der Waals surface area contributed by atoms with Crippen molar-refractivity contribution in [1.82, 2.24) is 0 Å². The molecule has 0 fully saturated rings. The summed E-state index contributed by atoms with van der Waals surface area (Å²) in [7, 11) is 0. The maximum absolute atomic E-state index is 13.9. The van der Waals surface area contributed by atoms with Crippen molar-refractivity contribution in [2.24, 2.45) is 5.73 Å². The van der Waals surface area contributed by atoms with E-state index in [-0.39, 0.29) is 29.4 Å². The molecule has 0 saturated carbocycles. The number of halogens is 1. The summed E-state index contributed by atoms with van der Waals surface area (Å²) in [5, 5.41) is 12.6. The third-order valence-electron chi connectivity index (χ3n) is 5.25. The SMILES string of the molecule is CCOc1cc([C@@H]2CC(=O)Nc3c2sc(C(=O)O)c3-c2cccc(F)c2)ccc1OCC(N)=O. The first-order chi connectivity index (χ1) is 16.3. The molecule has 2 amide bonds. The number of hydrogen-bond donors (Lipinski definition) is 3. The first-order valence-corrected chi connectivity index (χ1v) is 11.2. The van der Waals surface area contributed by atoms with E-state index >= 15 is 0 Å². The molecule has 0 unspecified atom stereocenters. The first kappa shape index (κ1) is 23.2. The Balaban J connectivity index is 1.83. The van der Waals surface area contributed by atoms with Crippen molar-refractivity contribution in [1.29, 1.82) is 0 Å². The smallest absolute Gasteiger partial charge is 0.346 e. The van der Waals surface area contributed by atoms with Crippen molar-refractivity contribution >= 4 is 34.8 Å². The van der Waals surface area contributed by atoms with E-state index < -0.39 is 23.6 Å². The number of ether oxygens (including phenoxy) is 2. The van der Waals surface area contributed by atoms with Crippen LogP contribution in [0.5, 0.6) is 11.5 Å². The van der Waals surface area contributed by atoms with E-state index in [1.165, 1.54) is 18.2 Å². The summed E-state index contributed by atoms with van der Waals surface area (Å²) in [6, 6.07) is 10.6. The van der Waals surface area contributed by atoms with Crippen LogP contribution >= 0.6 is 11.3 Å². The second kappa shape index (κ2) is 9.52. The number of hydrogen-bond acceptors (Lipinski definition) is 6. The van der Waals surface area contributed by atoms with Crippen molar-refractivity contribution in [3.05, 3.63) is 63.6 Å². The van der Waals surface area contributed by atoms with E-state index in [0.717, 1.165) is 11.3 Å². The number of carbonyl (C=O) groups is 3. The number of nitrogens with two attached hydrogens (primary N) is 1. The molecule has 0 spiro atoms. The Morgan fingerprint density at radius 1 is 1.21 bits per heavy atom. The number of aromatic carboxylic acids is 1. The molecular formula is C24H21FN2O6S. The molecule has 4 N–H and O–H groups in total. The molecule has 0 saturated heterocycles. The van der Waals surface area contributed by atoms with Gasteiger partial charge in [0.2, 0.25) is 5.91 Å². The second-order valence-corrected chi connectivity index (χ2v) is 8.61. The highest BCUT2D eigenvalue weighted by molar-refractivity contribution is 7.15. The van der Waals surface area contributed by atoms with Crippen LogP contribution in [0.2, 0.25) is 0 Å². The summed E-state index contributed by atoms with van der Waals surface area (Å²) in [5.41, 5.74) is 6.86. The highest BCUT2D eigenvalue weighted by atomic mass is 32.1. The summed E-state index contributed by atoms with van der Waals surface area (Å²) in [6.45, 7) is 1.80. The molecule has 8 nitrogen and oxygen atoms in total. The Labute approximate surface area is 198 Å². The number of carboxylic acid groups (broad SMARTS) is 1. The zero-order valence-corrected chi connectivity index (χ0v) is 18.9. The van der Waals surface area contributed by atoms with Gasteiger partial charge in [-0.25, -0.2) is 9.18 Å². The van der Waals surface area contributed by atoms with E-state index in [0.29, 0.717) is 39.8 Å². The van der Waals surface area contributed by atoms with Crippen LogP contribution in [-0.2, 0) is 9.59 Å². The number of fused-ring (bicyclic) bond motifs is 1. The molecule has 1 aliphatic heterocycles. The maximum Gasteiger partial charge on any atom is 0.346 e. The number of amides is 2. The normalized spacial score (nSPS) is 14.8. The largest absolute Gasteiger partial charge is 0.490 e. The second-order valence-electron chi connectivity index (χ2n) is 7.56. The van der Waals surface area contributed by atoms with E-state index in [2.05, 4.69) is 5.32 Å². The van der Waals surface area contributed by atoms with Gasteiger partial charge in [-0.3, -0.25) is 9.59 Å². The summed E-state index contributed by atoms with van der Waals surface area (Å²) in [4.78, 5) is 36.5. The highest BCUT2D eigenvalue weighted by Gasteiger charge is 2.35. The van der Waals surface area contributed by atoms with Gasteiger partial charge in [-0.1, -0.05) is 18.2 Å². The number of benzene rings is 2. The van der Waals surface area contributed by atoms with Gasteiger partial charge in [0.15, 0.2) is 18.1 Å². The quantitative estimate of drug-likeness (QED) is 0.444. The number of carboxylic acids is 1. The third kappa shape index (κ3) is 4.58. The fourth-order valence-corrected chi connectivity index (χ4v) is 5.15. The van der Waals surface area contributed by atoms with Gasteiger partial charge < -0.3 is 25.6 Å². The Morgan fingerprint density at radius 3 is 2.68 bits per heavy atom.